The quantitative estimate of drug-likeness (QED) is 0.187. The smallest absolute Gasteiger partial charge is 0.375 e. The number of aromatic nitrogens is 2. The number of carbonyl (C=O) groups is 3. The average molecular weight is 592 g/mol. The van der Waals surface area contributed by atoms with Crippen molar-refractivity contribution in [3.63, 3.8) is 0 Å². The molecule has 38 heavy (non-hydrogen) atoms. The lowest BCUT2D eigenvalue weighted by Crippen LogP contribution is -2.32. The van der Waals surface area contributed by atoms with E-state index in [1.165, 1.54) is 19.5 Å². The van der Waals surface area contributed by atoms with E-state index >= 15 is 0 Å². The molecule has 0 bridgehead atoms. The largest absolute Gasteiger partial charge is 0.418 e. The molecular weight excluding hydrogens is 570 g/mol. The second-order valence-corrected chi connectivity index (χ2v) is 9.16. The maximum atomic E-state index is 13.1. The van der Waals surface area contributed by atoms with Gasteiger partial charge in [-0.05, 0) is 19.9 Å². The van der Waals surface area contributed by atoms with Crippen LogP contribution >= 0.6 is 34.5 Å². The van der Waals surface area contributed by atoms with Crippen molar-refractivity contribution in [2.45, 2.75) is 26.1 Å². The van der Waals surface area contributed by atoms with E-state index in [0.29, 0.717) is 11.1 Å². The summed E-state index contributed by atoms with van der Waals surface area (Å²) in [6, 6.07) is -0.0907. The Morgan fingerprint density at radius 2 is 1.95 bits per heavy atom. The number of alkyl halides is 3. The van der Waals surface area contributed by atoms with Gasteiger partial charge in [-0.3, -0.25) is 19.4 Å². The lowest BCUT2D eigenvalue weighted by molar-refractivity contribution is -0.137. The van der Waals surface area contributed by atoms with Gasteiger partial charge in [-0.25, -0.2) is 9.97 Å². The molecule has 0 aromatic carbocycles. The normalized spacial score (nSPS) is 12.9. The van der Waals surface area contributed by atoms with E-state index in [2.05, 4.69) is 42.8 Å². The molecular formula is C22H22Cl2F3N7O3S. The van der Waals surface area contributed by atoms with Gasteiger partial charge in [0.15, 0.2) is 0 Å². The molecule has 0 saturated heterocycles. The summed E-state index contributed by atoms with van der Waals surface area (Å²) < 4.78 is 39.2. The van der Waals surface area contributed by atoms with Crippen molar-refractivity contribution < 1.29 is 27.6 Å². The zero-order chi connectivity index (χ0) is 28.6. The summed E-state index contributed by atoms with van der Waals surface area (Å²) in [6.07, 6.45) is -1.39. The summed E-state index contributed by atoms with van der Waals surface area (Å²) in [5.41, 5.74) is -1.23. The molecule has 2 aromatic rings. The first-order valence-corrected chi connectivity index (χ1v) is 12.2. The number of pyridine rings is 1. The van der Waals surface area contributed by atoms with Crippen LogP contribution in [0.1, 0.15) is 40.1 Å². The number of aliphatic imine (C=N–C) groups is 1. The van der Waals surface area contributed by atoms with Crippen LogP contribution < -0.4 is 21.3 Å². The van der Waals surface area contributed by atoms with Gasteiger partial charge >= 0.3 is 6.18 Å². The van der Waals surface area contributed by atoms with E-state index in [1.54, 1.807) is 13.8 Å². The Bertz CT molecular complexity index is 1300. The molecule has 0 radical (unpaired) electrons. The van der Waals surface area contributed by atoms with Gasteiger partial charge in [0.2, 0.25) is 5.91 Å². The zero-order valence-electron chi connectivity index (χ0n) is 20.2. The molecule has 3 amide bonds. The Balaban J connectivity index is 2.13. The summed E-state index contributed by atoms with van der Waals surface area (Å²) in [6.45, 7) is 6.74. The fourth-order valence-corrected chi connectivity index (χ4v) is 3.89. The Kier molecular flexibility index (Phi) is 10.8. The lowest BCUT2D eigenvalue weighted by atomic mass is 10.2. The van der Waals surface area contributed by atoms with Crippen LogP contribution in [0.4, 0.5) is 19.0 Å². The zero-order valence-corrected chi connectivity index (χ0v) is 22.5. The standard InChI is InChI=1S/C22H22Cl2F3N7O3S/c1-5-29-18(17(24)10(2)30-9-16(35)28-4)20(37)33-11(3)21-32-8-14(38-21)19(36)34-15-6-12(22(25,26)27)13(23)7-31-15/h5-8,11,30H,2,9H2,1,3-4H3,(H,28,35)(H,33,37)(H,31,34,36)/b18-17+,29-5?. The minimum atomic E-state index is -4.73. The third-order valence-corrected chi connectivity index (χ3v) is 6.44. The molecule has 2 aromatic heterocycles. The first kappa shape index (κ1) is 30.7. The molecule has 1 unspecified atom stereocenters. The van der Waals surface area contributed by atoms with Gasteiger partial charge in [0.05, 0.1) is 34.4 Å². The van der Waals surface area contributed by atoms with E-state index in [9.17, 15) is 27.6 Å². The van der Waals surface area contributed by atoms with Gasteiger partial charge in [0.1, 0.15) is 21.4 Å². The van der Waals surface area contributed by atoms with E-state index in [0.717, 1.165) is 17.5 Å². The van der Waals surface area contributed by atoms with Crippen molar-refractivity contribution in [3.8, 4) is 0 Å². The summed E-state index contributed by atoms with van der Waals surface area (Å²) in [5, 5.41) is 9.60. The molecule has 4 N–H and O–H groups in total. The van der Waals surface area contributed by atoms with Crippen molar-refractivity contribution in [3.05, 3.63) is 61.9 Å². The highest BCUT2D eigenvalue weighted by atomic mass is 35.5. The SMILES string of the molecule is C=C(NCC(=O)NC)/C(Cl)=C(\N=CC)C(=O)NC(C)c1ncc(C(=O)Nc2cc(C(F)(F)F)c(Cl)cn2)s1. The minimum Gasteiger partial charge on any atom is -0.375 e. The van der Waals surface area contributed by atoms with Gasteiger partial charge in [-0.2, -0.15) is 13.2 Å². The molecule has 0 aliphatic heterocycles. The summed E-state index contributed by atoms with van der Waals surface area (Å²) in [4.78, 5) is 48.6. The highest BCUT2D eigenvalue weighted by Crippen LogP contribution is 2.35. The number of allylic oxidation sites excluding steroid dienone is 1. The minimum absolute atomic E-state index is 0.0542. The molecule has 0 saturated carbocycles. The maximum absolute atomic E-state index is 13.1. The van der Waals surface area contributed by atoms with E-state index in [4.69, 9.17) is 23.2 Å². The number of likely N-dealkylation sites (N-methyl/N-ethyl adjacent to an activating group) is 1. The summed E-state index contributed by atoms with van der Waals surface area (Å²) in [7, 11) is 1.46. The van der Waals surface area contributed by atoms with Crippen LogP contribution in [0.5, 0.6) is 0 Å². The van der Waals surface area contributed by atoms with Crippen molar-refractivity contribution in [1.29, 1.82) is 0 Å². The topological polar surface area (TPSA) is 137 Å². The molecule has 10 nitrogen and oxygen atoms in total. The number of anilines is 1. The first-order valence-electron chi connectivity index (χ1n) is 10.6. The number of nitrogens with one attached hydrogen (secondary N) is 4. The number of nitrogens with zero attached hydrogens (tertiary/aromatic N) is 3. The second kappa shape index (κ2) is 13.3. The second-order valence-electron chi connectivity index (χ2n) is 7.31. The fourth-order valence-electron chi connectivity index (χ4n) is 2.66. The van der Waals surface area contributed by atoms with Crippen LogP contribution in [0, 0.1) is 0 Å². The van der Waals surface area contributed by atoms with Crippen LogP contribution in [-0.4, -0.2) is 47.5 Å². The van der Waals surface area contributed by atoms with Gasteiger partial charge in [0.25, 0.3) is 11.8 Å². The van der Waals surface area contributed by atoms with Gasteiger partial charge in [-0.1, -0.05) is 29.8 Å². The molecule has 204 valence electrons. The summed E-state index contributed by atoms with van der Waals surface area (Å²) in [5.74, 6) is -2.12. The van der Waals surface area contributed by atoms with E-state index in [1.807, 2.05) is 0 Å². The fraction of sp³-hybridized carbons (Fsp3) is 0.273. The predicted molar refractivity (Wildman–Crippen MR) is 139 cm³/mol. The number of thiazole rings is 1. The summed E-state index contributed by atoms with van der Waals surface area (Å²) >= 11 is 12.7. The number of carbonyl (C=O) groups excluding carboxylic acids is 3. The highest BCUT2D eigenvalue weighted by molar-refractivity contribution is 7.13. The average Bonchev–Trinajstić information content (AvgIpc) is 3.36. The molecule has 0 aliphatic rings. The predicted octanol–water partition coefficient (Wildman–Crippen LogP) is 4.03. The molecule has 2 heterocycles. The van der Waals surface area contributed by atoms with Gasteiger partial charge < -0.3 is 21.3 Å². The van der Waals surface area contributed by atoms with E-state index < -0.39 is 34.6 Å². The first-order chi connectivity index (χ1) is 17.8. The number of rotatable bonds is 10. The third kappa shape index (κ3) is 8.26. The molecule has 1 atom stereocenters. The Hall–Kier alpha value is -3.49. The van der Waals surface area contributed by atoms with Crippen LogP contribution in [-0.2, 0) is 15.8 Å². The van der Waals surface area contributed by atoms with Crippen molar-refractivity contribution in [2.24, 2.45) is 4.99 Å². The van der Waals surface area contributed by atoms with Crippen LogP contribution in [0.15, 0.2) is 46.5 Å². The van der Waals surface area contributed by atoms with Gasteiger partial charge in [0, 0.05) is 25.2 Å². The lowest BCUT2D eigenvalue weighted by Gasteiger charge is -2.14. The Labute approximate surface area is 229 Å². The van der Waals surface area contributed by atoms with E-state index in [-0.39, 0.29) is 39.6 Å². The monoisotopic (exact) mass is 591 g/mol. The molecule has 2 rings (SSSR count). The van der Waals surface area contributed by atoms with Crippen LogP contribution in [0.3, 0.4) is 0 Å². The Morgan fingerprint density at radius 1 is 1.26 bits per heavy atom. The molecule has 16 heteroatoms. The molecule has 0 fully saturated rings. The molecule has 0 aliphatic carbocycles. The highest BCUT2D eigenvalue weighted by Gasteiger charge is 2.34. The van der Waals surface area contributed by atoms with Gasteiger partial charge in [-0.15, -0.1) is 11.3 Å². The van der Waals surface area contributed by atoms with Crippen LogP contribution in [0.25, 0.3) is 0 Å². The van der Waals surface area contributed by atoms with Crippen LogP contribution in [0.2, 0.25) is 5.02 Å². The Morgan fingerprint density at radius 3 is 2.55 bits per heavy atom. The number of halogens is 5. The number of amides is 3. The van der Waals surface area contributed by atoms with Crippen molar-refractivity contribution in [2.75, 3.05) is 18.9 Å². The van der Waals surface area contributed by atoms with Crippen molar-refractivity contribution in [1.82, 2.24) is 25.9 Å². The van der Waals surface area contributed by atoms with Crippen molar-refractivity contribution >= 4 is 64.3 Å². The number of hydrogen-bond donors (Lipinski definition) is 4. The third-order valence-electron chi connectivity index (χ3n) is 4.56. The maximum Gasteiger partial charge on any atom is 0.418 e. The molecule has 0 spiro atoms. The number of hydrogen-bond acceptors (Lipinski definition) is 8.